The molecule has 1 N–H and O–H groups in total. The average Bonchev–Trinajstić information content (AvgIpc) is 3.11. The number of nitrogens with one attached hydrogen (secondary N) is 1. The molecule has 22 heavy (non-hydrogen) atoms. The maximum atomic E-state index is 13.0. The van der Waals surface area contributed by atoms with Crippen LogP contribution in [0.4, 0.5) is 5.69 Å². The molecule has 7 heteroatoms. The third-order valence-electron chi connectivity index (χ3n) is 4.25. The van der Waals surface area contributed by atoms with E-state index in [9.17, 15) is 4.79 Å². The zero-order chi connectivity index (χ0) is 15.4. The molecule has 1 aliphatic rings. The largest absolute Gasteiger partial charge is 0.495 e. The molecule has 0 saturated heterocycles. The lowest BCUT2D eigenvalue weighted by molar-refractivity contribution is -0.126. The van der Waals surface area contributed by atoms with E-state index in [-0.39, 0.29) is 5.91 Å². The van der Waals surface area contributed by atoms with Crippen LogP contribution in [0.2, 0.25) is 0 Å². The van der Waals surface area contributed by atoms with E-state index in [0.717, 1.165) is 32.1 Å². The van der Waals surface area contributed by atoms with Crippen molar-refractivity contribution < 1.29 is 9.53 Å². The second-order valence-corrected chi connectivity index (χ2v) is 5.50. The van der Waals surface area contributed by atoms with Gasteiger partial charge in [-0.3, -0.25) is 4.79 Å². The topological polar surface area (TPSA) is 81.9 Å². The van der Waals surface area contributed by atoms with E-state index in [1.54, 1.807) is 11.8 Å². The summed E-state index contributed by atoms with van der Waals surface area (Å²) in [6.07, 6.45) is 6.09. The Morgan fingerprint density at radius 1 is 1.27 bits per heavy atom. The Morgan fingerprint density at radius 2 is 2.05 bits per heavy atom. The van der Waals surface area contributed by atoms with Crippen LogP contribution >= 0.6 is 0 Å². The maximum Gasteiger partial charge on any atom is 0.252 e. The average molecular weight is 301 g/mol. The zero-order valence-corrected chi connectivity index (χ0v) is 12.5. The van der Waals surface area contributed by atoms with Crippen LogP contribution in [0.5, 0.6) is 5.75 Å². The number of amides is 1. The molecule has 0 radical (unpaired) electrons. The van der Waals surface area contributed by atoms with Crippen LogP contribution in [0.1, 0.15) is 32.1 Å². The number of ether oxygens (including phenoxy) is 1. The van der Waals surface area contributed by atoms with Crippen LogP contribution in [-0.4, -0.2) is 33.2 Å². The van der Waals surface area contributed by atoms with Crippen molar-refractivity contribution in [2.75, 3.05) is 12.4 Å². The van der Waals surface area contributed by atoms with Crippen molar-refractivity contribution in [1.82, 2.24) is 20.2 Å². The summed E-state index contributed by atoms with van der Waals surface area (Å²) in [7, 11) is 1.59. The highest BCUT2D eigenvalue weighted by Crippen LogP contribution is 2.36. The fourth-order valence-electron chi connectivity index (χ4n) is 3.04. The molecule has 2 aromatic rings. The fraction of sp³-hybridized carbons (Fsp3) is 0.467. The summed E-state index contributed by atoms with van der Waals surface area (Å²) in [6, 6.07) is 7.38. The van der Waals surface area contributed by atoms with Crippen molar-refractivity contribution in [3.8, 4) is 5.75 Å². The first kappa shape index (κ1) is 14.5. The Labute approximate surface area is 128 Å². The standard InChI is InChI=1S/C15H19N5O2/c1-22-13-8-4-3-7-12(13)17-14(21)15(9-5-2-6-10-15)20-11-16-18-19-20/h3-4,7-8,11H,2,5-6,9-10H2,1H3,(H,17,21). The monoisotopic (exact) mass is 301 g/mol. The predicted molar refractivity (Wildman–Crippen MR) is 80.5 cm³/mol. The molecule has 0 atom stereocenters. The molecule has 1 saturated carbocycles. The van der Waals surface area contributed by atoms with E-state index in [1.807, 2.05) is 24.3 Å². The van der Waals surface area contributed by atoms with E-state index < -0.39 is 5.54 Å². The molecule has 1 aliphatic carbocycles. The fourth-order valence-corrected chi connectivity index (χ4v) is 3.04. The Morgan fingerprint density at radius 3 is 2.73 bits per heavy atom. The summed E-state index contributed by atoms with van der Waals surface area (Å²) in [5.41, 5.74) is -0.0594. The van der Waals surface area contributed by atoms with Crippen LogP contribution < -0.4 is 10.1 Å². The van der Waals surface area contributed by atoms with Crippen LogP contribution in [-0.2, 0) is 10.3 Å². The number of methoxy groups -OCH3 is 1. The molecule has 1 fully saturated rings. The number of rotatable bonds is 4. The molecule has 3 rings (SSSR count). The summed E-state index contributed by atoms with van der Waals surface area (Å²) in [6.45, 7) is 0. The SMILES string of the molecule is COc1ccccc1NC(=O)C1(n2cnnn2)CCCCC1. The number of aromatic nitrogens is 4. The van der Waals surface area contributed by atoms with Crippen LogP contribution in [0.25, 0.3) is 0 Å². The number of anilines is 1. The molecular formula is C15H19N5O2. The molecule has 1 aromatic carbocycles. The zero-order valence-electron chi connectivity index (χ0n) is 12.5. The van der Waals surface area contributed by atoms with E-state index in [4.69, 9.17) is 4.74 Å². The molecule has 0 spiro atoms. The number of hydrogen-bond acceptors (Lipinski definition) is 5. The number of carbonyl (C=O) groups excluding carboxylic acids is 1. The van der Waals surface area contributed by atoms with Gasteiger partial charge in [-0.2, -0.15) is 0 Å². The van der Waals surface area contributed by atoms with Crippen molar-refractivity contribution in [3.63, 3.8) is 0 Å². The third kappa shape index (κ3) is 2.54. The van der Waals surface area contributed by atoms with Gasteiger partial charge in [-0.15, -0.1) is 5.10 Å². The lowest BCUT2D eigenvalue weighted by atomic mass is 9.81. The first-order chi connectivity index (χ1) is 10.8. The minimum absolute atomic E-state index is 0.0935. The van der Waals surface area contributed by atoms with Crippen LogP contribution in [0.3, 0.4) is 0 Å². The van der Waals surface area contributed by atoms with Gasteiger partial charge in [0.15, 0.2) is 0 Å². The van der Waals surface area contributed by atoms with E-state index >= 15 is 0 Å². The summed E-state index contributed by atoms with van der Waals surface area (Å²) in [5.74, 6) is 0.544. The number of benzene rings is 1. The van der Waals surface area contributed by atoms with E-state index in [2.05, 4.69) is 20.8 Å². The van der Waals surface area contributed by atoms with Crippen LogP contribution in [0, 0.1) is 0 Å². The third-order valence-corrected chi connectivity index (χ3v) is 4.25. The van der Waals surface area contributed by atoms with Crippen molar-refractivity contribution in [3.05, 3.63) is 30.6 Å². The van der Waals surface area contributed by atoms with Gasteiger partial charge in [0.2, 0.25) is 0 Å². The second-order valence-electron chi connectivity index (χ2n) is 5.50. The minimum atomic E-state index is -0.720. The van der Waals surface area contributed by atoms with Crippen LogP contribution in [0.15, 0.2) is 30.6 Å². The van der Waals surface area contributed by atoms with Gasteiger partial charge < -0.3 is 10.1 Å². The summed E-state index contributed by atoms with van der Waals surface area (Å²) in [5, 5.41) is 14.3. The predicted octanol–water partition coefficient (Wildman–Crippen LogP) is 1.98. The van der Waals surface area contributed by atoms with Crippen molar-refractivity contribution in [2.24, 2.45) is 0 Å². The number of nitrogens with zero attached hydrogens (tertiary/aromatic N) is 4. The molecule has 0 bridgehead atoms. The molecular weight excluding hydrogens is 282 g/mol. The van der Waals surface area contributed by atoms with Gasteiger partial charge in [0.05, 0.1) is 12.8 Å². The number of hydrogen-bond donors (Lipinski definition) is 1. The molecule has 1 aromatic heterocycles. The van der Waals surface area contributed by atoms with Gasteiger partial charge in [0, 0.05) is 0 Å². The lowest BCUT2D eigenvalue weighted by Gasteiger charge is -2.35. The van der Waals surface area contributed by atoms with Crippen molar-refractivity contribution >= 4 is 11.6 Å². The highest BCUT2D eigenvalue weighted by atomic mass is 16.5. The first-order valence-electron chi connectivity index (χ1n) is 7.44. The van der Waals surface area contributed by atoms with Gasteiger partial charge in [-0.05, 0) is 35.4 Å². The Kier molecular flexibility index (Phi) is 4.04. The number of tetrazole rings is 1. The van der Waals surface area contributed by atoms with Crippen molar-refractivity contribution in [1.29, 1.82) is 0 Å². The van der Waals surface area contributed by atoms with Gasteiger partial charge >= 0.3 is 0 Å². The van der Waals surface area contributed by atoms with Gasteiger partial charge in [-0.25, -0.2) is 4.68 Å². The molecule has 0 unspecified atom stereocenters. The normalized spacial score (nSPS) is 17.0. The first-order valence-corrected chi connectivity index (χ1v) is 7.44. The summed E-state index contributed by atoms with van der Waals surface area (Å²) in [4.78, 5) is 13.0. The highest BCUT2D eigenvalue weighted by molar-refractivity contribution is 5.97. The molecule has 1 amide bonds. The minimum Gasteiger partial charge on any atom is -0.495 e. The van der Waals surface area contributed by atoms with Crippen molar-refractivity contribution in [2.45, 2.75) is 37.6 Å². The highest BCUT2D eigenvalue weighted by Gasteiger charge is 2.42. The van der Waals surface area contributed by atoms with E-state index in [0.29, 0.717) is 11.4 Å². The molecule has 0 aliphatic heterocycles. The summed E-state index contributed by atoms with van der Waals surface area (Å²) >= 11 is 0. The van der Waals surface area contributed by atoms with Gasteiger partial charge in [-0.1, -0.05) is 31.4 Å². The number of para-hydroxylation sites is 2. The molecule has 1 heterocycles. The Balaban J connectivity index is 1.90. The Bertz CT molecular complexity index is 635. The molecule has 7 nitrogen and oxygen atoms in total. The lowest BCUT2D eigenvalue weighted by Crippen LogP contribution is -2.47. The van der Waals surface area contributed by atoms with E-state index in [1.165, 1.54) is 6.33 Å². The Hall–Kier alpha value is -2.44. The van der Waals surface area contributed by atoms with Gasteiger partial charge in [0.25, 0.3) is 5.91 Å². The quantitative estimate of drug-likeness (QED) is 0.933. The smallest absolute Gasteiger partial charge is 0.252 e. The maximum absolute atomic E-state index is 13.0. The number of carbonyl (C=O) groups is 1. The van der Waals surface area contributed by atoms with Gasteiger partial charge in [0.1, 0.15) is 17.6 Å². The molecule has 116 valence electrons. The summed E-state index contributed by atoms with van der Waals surface area (Å²) < 4.78 is 6.89. The second kappa shape index (κ2) is 6.13.